The Hall–Kier alpha value is -1.63. The van der Waals surface area contributed by atoms with Crippen LogP contribution in [-0.2, 0) is 6.18 Å². The van der Waals surface area contributed by atoms with Crippen molar-refractivity contribution in [2.24, 2.45) is 0 Å². The molecule has 2 rings (SSSR count). The van der Waals surface area contributed by atoms with Crippen LogP contribution in [0.25, 0.3) is 5.95 Å². The topological polar surface area (TPSA) is 43.6 Å². The first-order valence-corrected chi connectivity index (χ1v) is 4.45. The number of alkyl halides is 3. The highest BCUT2D eigenvalue weighted by Crippen LogP contribution is 2.28. The summed E-state index contributed by atoms with van der Waals surface area (Å²) in [7, 11) is 0. The van der Waals surface area contributed by atoms with Crippen LogP contribution in [0.4, 0.5) is 13.2 Å². The fourth-order valence-electron chi connectivity index (χ4n) is 1.02. The van der Waals surface area contributed by atoms with Crippen molar-refractivity contribution in [3.8, 4) is 5.95 Å². The van der Waals surface area contributed by atoms with Crippen LogP contribution in [0.1, 0.15) is 5.56 Å². The van der Waals surface area contributed by atoms with Crippen LogP contribution in [-0.4, -0.2) is 19.7 Å². The molecule has 8 heteroatoms. The van der Waals surface area contributed by atoms with Gasteiger partial charge in [0.15, 0.2) is 0 Å². The molecule has 4 nitrogen and oxygen atoms in total. The van der Waals surface area contributed by atoms with Gasteiger partial charge in [0.25, 0.3) is 5.95 Å². The Kier molecular flexibility index (Phi) is 2.55. The molecule has 0 atom stereocenters. The van der Waals surface area contributed by atoms with Gasteiger partial charge in [-0.25, -0.2) is 9.67 Å². The van der Waals surface area contributed by atoms with Crippen molar-refractivity contribution >= 4 is 11.6 Å². The summed E-state index contributed by atoms with van der Waals surface area (Å²) < 4.78 is 37.7. The van der Waals surface area contributed by atoms with Crippen molar-refractivity contribution in [3.63, 3.8) is 0 Å². The molecule has 0 N–H and O–H groups in total. The first-order chi connectivity index (χ1) is 7.47. The van der Waals surface area contributed by atoms with Gasteiger partial charge >= 0.3 is 6.18 Å². The summed E-state index contributed by atoms with van der Waals surface area (Å²) in [6.07, 6.45) is -1.60. The predicted octanol–water partition coefficient (Wildman–Crippen LogP) is 2.33. The summed E-state index contributed by atoms with van der Waals surface area (Å²) in [6, 6.07) is 1.42. The third-order valence-electron chi connectivity index (χ3n) is 1.72. The number of hydrogen-bond donors (Lipinski definition) is 0. The molecule has 0 aliphatic heterocycles. The molecule has 0 unspecified atom stereocenters. The summed E-state index contributed by atoms with van der Waals surface area (Å²) in [5.74, 6) is -0.0111. The lowest BCUT2D eigenvalue weighted by Crippen LogP contribution is -2.04. The number of nitrogens with zero attached hydrogens (tertiary/aromatic N) is 4. The molecule has 0 bridgehead atoms. The minimum Gasteiger partial charge on any atom is -0.220 e. The predicted molar refractivity (Wildman–Crippen MR) is 49.2 cm³/mol. The molecular weight excluding hydrogens is 245 g/mol. The van der Waals surface area contributed by atoms with Crippen LogP contribution in [0.15, 0.2) is 24.7 Å². The molecular formula is C8H4ClF3N4. The highest BCUT2D eigenvalue weighted by Gasteiger charge is 2.32. The van der Waals surface area contributed by atoms with Crippen LogP contribution in [0, 0.1) is 0 Å². The SMILES string of the molecule is FC(F)(F)c1cnn(-c2nccc(Cl)n2)c1. The molecule has 0 aromatic carbocycles. The van der Waals surface area contributed by atoms with E-state index in [4.69, 9.17) is 11.6 Å². The Balaban J connectivity index is 2.39. The van der Waals surface area contributed by atoms with Crippen molar-refractivity contribution in [2.45, 2.75) is 6.18 Å². The average Bonchev–Trinajstić information content (AvgIpc) is 2.65. The molecule has 0 amide bonds. The van der Waals surface area contributed by atoms with Gasteiger partial charge in [-0.15, -0.1) is 0 Å². The number of halogens is 4. The maximum absolute atomic E-state index is 12.3. The van der Waals surface area contributed by atoms with Crippen molar-refractivity contribution in [2.75, 3.05) is 0 Å². The standard InChI is InChI=1S/C8H4ClF3N4/c9-6-1-2-13-7(15-6)16-4-5(3-14-16)8(10,11)12/h1-4H. The minimum absolute atomic E-state index is 0.0111. The minimum atomic E-state index is -4.43. The van der Waals surface area contributed by atoms with E-state index in [0.29, 0.717) is 6.20 Å². The molecule has 0 fully saturated rings. The Labute approximate surface area is 92.7 Å². The first-order valence-electron chi connectivity index (χ1n) is 4.07. The van der Waals surface area contributed by atoms with Crippen molar-refractivity contribution in [1.82, 2.24) is 19.7 Å². The van der Waals surface area contributed by atoms with Gasteiger partial charge in [0.1, 0.15) is 5.15 Å². The van der Waals surface area contributed by atoms with Gasteiger partial charge in [0.05, 0.1) is 11.8 Å². The van der Waals surface area contributed by atoms with E-state index in [2.05, 4.69) is 15.1 Å². The van der Waals surface area contributed by atoms with Crippen molar-refractivity contribution < 1.29 is 13.2 Å². The fourth-order valence-corrected chi connectivity index (χ4v) is 1.15. The highest BCUT2D eigenvalue weighted by atomic mass is 35.5. The van der Waals surface area contributed by atoms with E-state index in [1.54, 1.807) is 0 Å². The Morgan fingerprint density at radius 2 is 2.06 bits per heavy atom. The molecule has 0 radical (unpaired) electrons. The summed E-state index contributed by atoms with van der Waals surface area (Å²) >= 11 is 5.58. The Morgan fingerprint density at radius 1 is 1.31 bits per heavy atom. The summed E-state index contributed by atoms with van der Waals surface area (Å²) in [5, 5.41) is 3.64. The van der Waals surface area contributed by atoms with Gasteiger partial charge in [-0.2, -0.15) is 23.3 Å². The molecule has 0 aliphatic rings. The third kappa shape index (κ3) is 2.13. The fraction of sp³-hybridized carbons (Fsp3) is 0.125. The maximum atomic E-state index is 12.3. The second-order valence-corrected chi connectivity index (χ2v) is 3.24. The van der Waals surface area contributed by atoms with Crippen LogP contribution >= 0.6 is 11.6 Å². The van der Waals surface area contributed by atoms with E-state index in [-0.39, 0.29) is 11.1 Å². The van der Waals surface area contributed by atoms with Gasteiger partial charge in [-0.3, -0.25) is 0 Å². The van der Waals surface area contributed by atoms with Gasteiger partial charge in [-0.05, 0) is 6.07 Å². The van der Waals surface area contributed by atoms with Gasteiger partial charge in [-0.1, -0.05) is 11.6 Å². The summed E-state index contributed by atoms with van der Waals surface area (Å²) in [4.78, 5) is 7.47. The molecule has 2 aromatic rings. The molecule has 2 heterocycles. The quantitative estimate of drug-likeness (QED) is 0.728. The lowest BCUT2D eigenvalue weighted by molar-refractivity contribution is -0.137. The second-order valence-electron chi connectivity index (χ2n) is 2.85. The lowest BCUT2D eigenvalue weighted by Gasteiger charge is -2.01. The largest absolute Gasteiger partial charge is 0.419 e. The number of hydrogen-bond acceptors (Lipinski definition) is 3. The average molecular weight is 249 g/mol. The van der Waals surface area contributed by atoms with Crippen LogP contribution in [0.2, 0.25) is 5.15 Å². The maximum Gasteiger partial charge on any atom is 0.419 e. The third-order valence-corrected chi connectivity index (χ3v) is 1.93. The van der Waals surface area contributed by atoms with E-state index in [1.165, 1.54) is 12.3 Å². The number of aromatic nitrogens is 4. The van der Waals surface area contributed by atoms with Gasteiger partial charge < -0.3 is 0 Å². The van der Waals surface area contributed by atoms with Crippen LogP contribution in [0.5, 0.6) is 0 Å². The van der Waals surface area contributed by atoms with Crippen molar-refractivity contribution in [3.05, 3.63) is 35.4 Å². The molecule has 0 saturated heterocycles. The highest BCUT2D eigenvalue weighted by molar-refractivity contribution is 6.29. The van der Waals surface area contributed by atoms with E-state index in [0.717, 1.165) is 10.9 Å². The zero-order valence-corrected chi connectivity index (χ0v) is 8.37. The Morgan fingerprint density at radius 3 is 2.62 bits per heavy atom. The molecule has 0 aliphatic carbocycles. The number of rotatable bonds is 1. The van der Waals surface area contributed by atoms with E-state index in [9.17, 15) is 13.2 Å². The summed E-state index contributed by atoms with van der Waals surface area (Å²) in [6.45, 7) is 0. The first kappa shape index (κ1) is 10.9. The molecule has 2 aromatic heterocycles. The van der Waals surface area contributed by atoms with Crippen LogP contribution in [0.3, 0.4) is 0 Å². The monoisotopic (exact) mass is 248 g/mol. The lowest BCUT2D eigenvalue weighted by atomic mass is 10.4. The molecule has 84 valence electrons. The second kappa shape index (κ2) is 3.75. The molecule has 0 spiro atoms. The smallest absolute Gasteiger partial charge is 0.220 e. The van der Waals surface area contributed by atoms with Gasteiger partial charge in [0, 0.05) is 12.4 Å². The van der Waals surface area contributed by atoms with E-state index < -0.39 is 11.7 Å². The van der Waals surface area contributed by atoms with E-state index in [1.807, 2.05) is 0 Å². The van der Waals surface area contributed by atoms with E-state index >= 15 is 0 Å². The summed E-state index contributed by atoms with van der Waals surface area (Å²) in [5.41, 5.74) is -0.865. The normalized spacial score (nSPS) is 11.8. The van der Waals surface area contributed by atoms with Crippen molar-refractivity contribution in [1.29, 1.82) is 0 Å². The molecule has 0 saturated carbocycles. The van der Waals surface area contributed by atoms with Gasteiger partial charge in [0.2, 0.25) is 0 Å². The Bertz CT molecular complexity index is 508. The molecule has 16 heavy (non-hydrogen) atoms. The van der Waals surface area contributed by atoms with Crippen LogP contribution < -0.4 is 0 Å². The zero-order chi connectivity index (χ0) is 11.8. The zero-order valence-electron chi connectivity index (χ0n) is 7.61.